The molecule has 90 valence electrons. The Morgan fingerprint density at radius 1 is 1.56 bits per heavy atom. The number of carbonyl (C=O) groups excluding carboxylic acids is 1. The molecule has 4 nitrogen and oxygen atoms in total. The van der Waals surface area contributed by atoms with Crippen LogP contribution in [0.25, 0.3) is 0 Å². The molecular weight excluding hydrogens is 226 g/mol. The van der Waals surface area contributed by atoms with Crippen LogP contribution in [0.15, 0.2) is 6.20 Å². The zero-order valence-corrected chi connectivity index (χ0v) is 11.1. The molecule has 16 heavy (non-hydrogen) atoms. The first kappa shape index (κ1) is 13.0. The second-order valence-electron chi connectivity index (χ2n) is 4.83. The Labute approximate surface area is 101 Å². The summed E-state index contributed by atoms with van der Waals surface area (Å²) in [4.78, 5) is 11.5. The molecule has 1 N–H and O–H groups in total. The van der Waals surface area contributed by atoms with Gasteiger partial charge in [0.05, 0.1) is 5.69 Å². The van der Waals surface area contributed by atoms with Crippen LogP contribution in [0.3, 0.4) is 0 Å². The van der Waals surface area contributed by atoms with Gasteiger partial charge in [-0.05, 0) is 0 Å². The molecule has 1 aromatic heterocycles. The first-order chi connectivity index (χ1) is 7.27. The van der Waals surface area contributed by atoms with Gasteiger partial charge < -0.3 is 5.32 Å². The molecule has 1 heterocycles. The maximum Gasteiger partial charge on any atom is 0.242 e. The van der Waals surface area contributed by atoms with Crippen molar-refractivity contribution in [2.24, 2.45) is 7.05 Å². The summed E-state index contributed by atoms with van der Waals surface area (Å²) in [6.45, 7) is 6.14. The van der Waals surface area contributed by atoms with Crippen molar-refractivity contribution >= 4 is 17.5 Å². The lowest BCUT2D eigenvalue weighted by Gasteiger charge is -2.19. The van der Waals surface area contributed by atoms with Gasteiger partial charge in [0.2, 0.25) is 5.91 Å². The van der Waals surface area contributed by atoms with Crippen molar-refractivity contribution in [2.45, 2.75) is 31.6 Å². The number of alkyl halides is 1. The first-order valence-electron chi connectivity index (χ1n) is 5.17. The molecule has 0 aliphatic rings. The summed E-state index contributed by atoms with van der Waals surface area (Å²) in [7, 11) is 3.40. The van der Waals surface area contributed by atoms with Gasteiger partial charge >= 0.3 is 0 Å². The fourth-order valence-electron chi connectivity index (χ4n) is 1.54. The normalized spacial score (nSPS) is 13.6. The van der Waals surface area contributed by atoms with E-state index in [-0.39, 0.29) is 11.3 Å². The fraction of sp³-hybridized carbons (Fsp3) is 0.636. The number of nitrogens with zero attached hydrogens (tertiary/aromatic N) is 2. The molecule has 1 rings (SSSR count). The van der Waals surface area contributed by atoms with Crippen LogP contribution in [-0.4, -0.2) is 22.7 Å². The first-order valence-corrected chi connectivity index (χ1v) is 5.60. The van der Waals surface area contributed by atoms with Crippen LogP contribution in [0.2, 0.25) is 0 Å². The number of carbonyl (C=O) groups is 1. The molecule has 0 aliphatic carbocycles. The average Bonchev–Trinajstić information content (AvgIpc) is 2.57. The lowest BCUT2D eigenvalue weighted by atomic mass is 9.88. The minimum atomic E-state index is -0.687. The molecule has 1 amide bonds. The predicted molar refractivity (Wildman–Crippen MR) is 64.6 cm³/mol. The van der Waals surface area contributed by atoms with Crippen LogP contribution in [0.1, 0.15) is 37.4 Å². The average molecular weight is 244 g/mol. The highest BCUT2D eigenvalue weighted by molar-refractivity contribution is 6.30. The van der Waals surface area contributed by atoms with Crippen molar-refractivity contribution in [3.05, 3.63) is 17.5 Å². The second kappa shape index (κ2) is 4.45. The minimum absolute atomic E-state index is 0.127. The summed E-state index contributed by atoms with van der Waals surface area (Å²) in [5, 5.41) is 6.23. The van der Waals surface area contributed by atoms with Gasteiger partial charge in [0, 0.05) is 31.3 Å². The van der Waals surface area contributed by atoms with Crippen molar-refractivity contribution in [2.75, 3.05) is 7.05 Å². The van der Waals surface area contributed by atoms with E-state index < -0.39 is 5.38 Å². The molecule has 0 saturated carbocycles. The molecule has 0 aliphatic heterocycles. The third-order valence-corrected chi connectivity index (χ3v) is 2.75. The van der Waals surface area contributed by atoms with E-state index in [1.807, 2.05) is 27.8 Å². The Hall–Kier alpha value is -1.03. The molecular formula is C11H18ClN3O. The summed E-state index contributed by atoms with van der Waals surface area (Å²) in [5.41, 5.74) is 1.51. The van der Waals surface area contributed by atoms with E-state index in [0.29, 0.717) is 0 Å². The van der Waals surface area contributed by atoms with Gasteiger partial charge in [-0.25, -0.2) is 0 Å². The Bertz CT molecular complexity index is 392. The third-order valence-electron chi connectivity index (χ3n) is 2.32. The van der Waals surface area contributed by atoms with Crippen LogP contribution in [0.4, 0.5) is 0 Å². The largest absolute Gasteiger partial charge is 0.358 e. The van der Waals surface area contributed by atoms with E-state index in [2.05, 4.69) is 10.4 Å². The Kier molecular flexibility index (Phi) is 3.63. The van der Waals surface area contributed by atoms with Crippen molar-refractivity contribution in [3.63, 3.8) is 0 Å². The number of nitrogens with one attached hydrogen (secondary N) is 1. The predicted octanol–water partition coefficient (Wildman–Crippen LogP) is 1.74. The fourth-order valence-corrected chi connectivity index (χ4v) is 1.81. The minimum Gasteiger partial charge on any atom is -0.358 e. The van der Waals surface area contributed by atoms with Crippen LogP contribution >= 0.6 is 11.6 Å². The molecule has 0 radical (unpaired) electrons. The molecule has 0 spiro atoms. The number of rotatable bonds is 2. The van der Waals surface area contributed by atoms with E-state index in [1.165, 1.54) is 0 Å². The molecule has 1 aromatic rings. The van der Waals surface area contributed by atoms with Gasteiger partial charge in [-0.3, -0.25) is 9.48 Å². The molecule has 1 atom stereocenters. The van der Waals surface area contributed by atoms with Gasteiger partial charge in [-0.1, -0.05) is 20.8 Å². The van der Waals surface area contributed by atoms with Crippen molar-refractivity contribution in [1.82, 2.24) is 15.1 Å². The Balaban J connectivity index is 3.18. The number of aryl methyl sites for hydroxylation is 1. The summed E-state index contributed by atoms with van der Waals surface area (Å²) in [6.07, 6.45) is 1.80. The zero-order valence-electron chi connectivity index (χ0n) is 10.3. The SMILES string of the molecule is CNC(=O)C(Cl)c1cn(C)nc1C(C)(C)C. The van der Waals surface area contributed by atoms with Gasteiger partial charge in [0.15, 0.2) is 0 Å². The summed E-state index contributed by atoms with van der Waals surface area (Å²) < 4.78 is 1.69. The highest BCUT2D eigenvalue weighted by Crippen LogP contribution is 2.31. The van der Waals surface area contributed by atoms with Crippen LogP contribution in [0, 0.1) is 0 Å². The number of hydrogen-bond donors (Lipinski definition) is 1. The standard InChI is InChI=1S/C11H18ClN3O/c1-11(2,3)9-7(6-15(5)14-9)8(12)10(16)13-4/h6,8H,1-5H3,(H,13,16). The highest BCUT2D eigenvalue weighted by Gasteiger charge is 2.28. The van der Waals surface area contributed by atoms with Crippen molar-refractivity contribution < 1.29 is 4.79 Å². The molecule has 1 unspecified atom stereocenters. The molecule has 0 fully saturated rings. The third kappa shape index (κ3) is 2.55. The lowest BCUT2D eigenvalue weighted by molar-refractivity contribution is -0.120. The second-order valence-corrected chi connectivity index (χ2v) is 5.27. The quantitative estimate of drug-likeness (QED) is 0.805. The summed E-state index contributed by atoms with van der Waals surface area (Å²) in [6, 6.07) is 0. The van der Waals surface area contributed by atoms with Crippen LogP contribution < -0.4 is 5.32 Å². The van der Waals surface area contributed by atoms with E-state index in [9.17, 15) is 4.79 Å². The number of amides is 1. The lowest BCUT2D eigenvalue weighted by Crippen LogP contribution is -2.24. The van der Waals surface area contributed by atoms with E-state index >= 15 is 0 Å². The molecule has 0 aromatic carbocycles. The maximum atomic E-state index is 11.5. The number of halogens is 1. The van der Waals surface area contributed by atoms with Crippen LogP contribution in [-0.2, 0) is 17.3 Å². The highest BCUT2D eigenvalue weighted by atomic mass is 35.5. The summed E-state index contributed by atoms with van der Waals surface area (Å²) >= 11 is 6.12. The van der Waals surface area contributed by atoms with Crippen molar-refractivity contribution in [1.29, 1.82) is 0 Å². The van der Waals surface area contributed by atoms with Gasteiger partial charge in [0.25, 0.3) is 0 Å². The topological polar surface area (TPSA) is 46.9 Å². The Morgan fingerprint density at radius 2 is 2.12 bits per heavy atom. The number of likely N-dealkylation sites (N-methyl/N-ethyl adjacent to an activating group) is 1. The summed E-state index contributed by atoms with van der Waals surface area (Å²) in [5.74, 6) is -0.208. The molecule has 5 heteroatoms. The Morgan fingerprint density at radius 3 is 2.56 bits per heavy atom. The van der Waals surface area contributed by atoms with E-state index in [1.54, 1.807) is 17.9 Å². The van der Waals surface area contributed by atoms with Gasteiger partial charge in [0.1, 0.15) is 5.38 Å². The molecule has 0 bridgehead atoms. The van der Waals surface area contributed by atoms with E-state index in [4.69, 9.17) is 11.6 Å². The monoisotopic (exact) mass is 243 g/mol. The van der Waals surface area contributed by atoms with Gasteiger partial charge in [-0.15, -0.1) is 11.6 Å². The maximum absolute atomic E-state index is 11.5. The molecule has 0 saturated heterocycles. The number of hydrogen-bond acceptors (Lipinski definition) is 2. The van der Waals surface area contributed by atoms with E-state index in [0.717, 1.165) is 11.3 Å². The van der Waals surface area contributed by atoms with Gasteiger partial charge in [-0.2, -0.15) is 5.10 Å². The smallest absolute Gasteiger partial charge is 0.242 e. The van der Waals surface area contributed by atoms with Crippen LogP contribution in [0.5, 0.6) is 0 Å². The number of aromatic nitrogens is 2. The van der Waals surface area contributed by atoms with Crippen molar-refractivity contribution in [3.8, 4) is 0 Å². The zero-order chi connectivity index (χ0) is 12.5.